The van der Waals surface area contributed by atoms with Gasteiger partial charge in [0, 0.05) is 12.3 Å². The number of nitrogens with zero attached hydrogens (tertiary/aromatic N) is 2. The number of hydrogen-bond acceptors (Lipinski definition) is 7. The molecule has 1 aliphatic heterocycles. The topological polar surface area (TPSA) is 128 Å². The first-order valence-electron chi connectivity index (χ1n) is 9.55. The molecular weight excluding hydrogens is 354 g/mol. The summed E-state index contributed by atoms with van der Waals surface area (Å²) in [6, 6.07) is 1.09. The van der Waals surface area contributed by atoms with E-state index in [4.69, 9.17) is 9.84 Å². The molecule has 27 heavy (non-hydrogen) atoms. The van der Waals surface area contributed by atoms with Crippen LogP contribution in [-0.2, 0) is 4.74 Å². The van der Waals surface area contributed by atoms with Crippen molar-refractivity contribution in [3.8, 4) is 0 Å². The lowest BCUT2D eigenvalue weighted by Crippen LogP contribution is -2.37. The van der Waals surface area contributed by atoms with Crippen LogP contribution in [0.3, 0.4) is 0 Å². The molecule has 4 N–H and O–H groups in total. The molecule has 0 aromatic carbocycles. The highest BCUT2D eigenvalue weighted by Crippen LogP contribution is 2.27. The molecule has 0 spiro atoms. The molecule has 0 radical (unpaired) electrons. The predicted molar refractivity (Wildman–Crippen MR) is 102 cm³/mol. The summed E-state index contributed by atoms with van der Waals surface area (Å²) in [5, 5.41) is 28.1. The van der Waals surface area contributed by atoms with Crippen LogP contribution in [0.25, 0.3) is 0 Å². The van der Waals surface area contributed by atoms with E-state index < -0.39 is 42.4 Å². The summed E-state index contributed by atoms with van der Waals surface area (Å²) in [5.41, 5.74) is -1.33. The Morgan fingerprint density at radius 2 is 1.63 bits per heavy atom. The maximum atomic E-state index is 11.4. The zero-order chi connectivity index (χ0) is 20.4. The molecule has 1 aromatic heterocycles. The van der Waals surface area contributed by atoms with Crippen molar-refractivity contribution in [3.05, 3.63) is 33.1 Å². The zero-order valence-corrected chi connectivity index (χ0v) is 16.4. The lowest BCUT2D eigenvalue weighted by Gasteiger charge is -2.19. The fourth-order valence-corrected chi connectivity index (χ4v) is 3.02. The normalized spacial score (nSPS) is 24.7. The second-order valence-corrected chi connectivity index (χ2v) is 6.59. The van der Waals surface area contributed by atoms with Gasteiger partial charge in [-0.05, 0) is 38.9 Å². The van der Waals surface area contributed by atoms with Gasteiger partial charge in [0.25, 0.3) is 5.56 Å². The molecule has 1 fully saturated rings. The molecule has 2 heterocycles. The molecule has 1 aliphatic rings. The van der Waals surface area contributed by atoms with Crippen molar-refractivity contribution in [2.75, 3.05) is 26.2 Å². The highest BCUT2D eigenvalue weighted by Gasteiger charge is 2.43. The van der Waals surface area contributed by atoms with E-state index in [1.165, 1.54) is 38.9 Å². The lowest BCUT2D eigenvalue weighted by molar-refractivity contribution is -0.0550. The summed E-state index contributed by atoms with van der Waals surface area (Å²) in [5.74, 6) is 0. The number of nitrogens with one attached hydrogen (secondary N) is 1. The Labute approximate surface area is 159 Å². The van der Waals surface area contributed by atoms with Gasteiger partial charge < -0.3 is 25.0 Å². The SMILES string of the molecule is CCCN(CCC)CCC.O=c1ccn([C@@H]2O[C@H](CO)[C@@H](O)[C@H]2O)c(=O)[nH]1. The molecule has 9 nitrogen and oxygen atoms in total. The van der Waals surface area contributed by atoms with Gasteiger partial charge in [0.15, 0.2) is 6.23 Å². The van der Waals surface area contributed by atoms with Gasteiger partial charge in [-0.1, -0.05) is 20.8 Å². The van der Waals surface area contributed by atoms with Crippen LogP contribution in [-0.4, -0.2) is 74.3 Å². The van der Waals surface area contributed by atoms with Crippen molar-refractivity contribution in [1.82, 2.24) is 14.5 Å². The largest absolute Gasteiger partial charge is 0.394 e. The Morgan fingerprint density at radius 3 is 2.04 bits per heavy atom. The number of aromatic nitrogens is 2. The second-order valence-electron chi connectivity index (χ2n) is 6.59. The Morgan fingerprint density at radius 1 is 1.07 bits per heavy atom. The molecular formula is C18H33N3O6. The van der Waals surface area contributed by atoms with Crippen LogP contribution in [0.5, 0.6) is 0 Å². The first kappa shape index (κ1) is 23.5. The fourth-order valence-electron chi connectivity index (χ4n) is 3.02. The summed E-state index contributed by atoms with van der Waals surface area (Å²) in [4.78, 5) is 26.9. The molecule has 0 unspecified atom stereocenters. The van der Waals surface area contributed by atoms with Gasteiger partial charge in [-0.2, -0.15) is 0 Å². The number of ether oxygens (including phenoxy) is 1. The van der Waals surface area contributed by atoms with Gasteiger partial charge in [0.1, 0.15) is 18.3 Å². The first-order valence-corrected chi connectivity index (χ1v) is 9.55. The van der Waals surface area contributed by atoms with Crippen LogP contribution >= 0.6 is 0 Å². The summed E-state index contributed by atoms with van der Waals surface area (Å²) in [6.07, 6.45) is 0.293. The van der Waals surface area contributed by atoms with E-state index in [1.54, 1.807) is 0 Å². The third-order valence-corrected chi connectivity index (χ3v) is 4.26. The van der Waals surface area contributed by atoms with Gasteiger partial charge in [0.2, 0.25) is 0 Å². The second kappa shape index (κ2) is 12.0. The van der Waals surface area contributed by atoms with E-state index >= 15 is 0 Å². The van der Waals surface area contributed by atoms with E-state index in [2.05, 4.69) is 25.7 Å². The van der Waals surface area contributed by atoms with Gasteiger partial charge in [-0.3, -0.25) is 14.3 Å². The molecule has 2 rings (SSSR count). The minimum atomic E-state index is -1.35. The third-order valence-electron chi connectivity index (χ3n) is 4.26. The molecule has 0 amide bonds. The van der Waals surface area contributed by atoms with Crippen LogP contribution < -0.4 is 11.2 Å². The van der Waals surface area contributed by atoms with E-state index in [0.717, 1.165) is 16.8 Å². The standard InChI is InChI=1S/C9H12N2O6.C9H21N/c12-3-4-6(14)7(15)8(17-4)11-2-1-5(13)10-9(11)16;1-4-7-10(8-5-2)9-6-3/h1-2,4,6-8,12,14-15H,3H2,(H,10,13,16);4-9H2,1-3H3/t4-,6-,7-,8-;/m1./s1. The molecule has 9 heteroatoms. The highest BCUT2D eigenvalue weighted by molar-refractivity contribution is 4.92. The van der Waals surface area contributed by atoms with Crippen molar-refractivity contribution in [3.63, 3.8) is 0 Å². The molecule has 156 valence electrons. The summed E-state index contributed by atoms with van der Waals surface area (Å²) < 4.78 is 6.08. The number of hydrogen-bond donors (Lipinski definition) is 4. The van der Waals surface area contributed by atoms with Crippen LogP contribution in [0.2, 0.25) is 0 Å². The monoisotopic (exact) mass is 387 g/mol. The zero-order valence-electron chi connectivity index (χ0n) is 16.4. The van der Waals surface area contributed by atoms with E-state index in [9.17, 15) is 19.8 Å². The summed E-state index contributed by atoms with van der Waals surface area (Å²) in [6.45, 7) is 10.1. The maximum absolute atomic E-state index is 11.4. The highest BCUT2D eigenvalue weighted by atomic mass is 16.6. The molecule has 0 bridgehead atoms. The minimum absolute atomic E-state index is 0.479. The van der Waals surface area contributed by atoms with Crippen molar-refractivity contribution < 1.29 is 20.1 Å². The summed E-state index contributed by atoms with van der Waals surface area (Å²) >= 11 is 0. The average Bonchev–Trinajstić information content (AvgIpc) is 2.91. The van der Waals surface area contributed by atoms with Crippen molar-refractivity contribution in [2.24, 2.45) is 0 Å². The van der Waals surface area contributed by atoms with Gasteiger partial charge >= 0.3 is 5.69 Å². The molecule has 1 aromatic rings. The van der Waals surface area contributed by atoms with E-state index in [0.29, 0.717) is 0 Å². The number of H-pyrrole nitrogens is 1. The van der Waals surface area contributed by atoms with Crippen molar-refractivity contribution in [1.29, 1.82) is 0 Å². The first-order chi connectivity index (χ1) is 12.9. The van der Waals surface area contributed by atoms with Crippen molar-refractivity contribution in [2.45, 2.75) is 64.6 Å². The maximum Gasteiger partial charge on any atom is 0.330 e. The number of aromatic amines is 1. The number of aliphatic hydroxyl groups excluding tert-OH is 3. The van der Waals surface area contributed by atoms with Gasteiger partial charge in [-0.25, -0.2) is 4.79 Å². The third kappa shape index (κ3) is 6.86. The number of aliphatic hydroxyl groups is 3. The van der Waals surface area contributed by atoms with Crippen LogP contribution in [0.1, 0.15) is 46.3 Å². The van der Waals surface area contributed by atoms with Crippen LogP contribution in [0.4, 0.5) is 0 Å². The minimum Gasteiger partial charge on any atom is -0.394 e. The molecule has 0 aliphatic carbocycles. The van der Waals surface area contributed by atoms with Gasteiger partial charge in [0.05, 0.1) is 6.61 Å². The Bertz CT molecular complexity index is 632. The summed E-state index contributed by atoms with van der Waals surface area (Å²) in [7, 11) is 0. The lowest BCUT2D eigenvalue weighted by atomic mass is 10.1. The Kier molecular flexibility index (Phi) is 10.5. The smallest absolute Gasteiger partial charge is 0.330 e. The fraction of sp³-hybridized carbons (Fsp3) is 0.778. The Hall–Kier alpha value is -1.52. The molecule has 0 saturated carbocycles. The molecule has 4 atom stereocenters. The quantitative estimate of drug-likeness (QED) is 0.481. The van der Waals surface area contributed by atoms with Crippen LogP contribution in [0.15, 0.2) is 21.9 Å². The van der Waals surface area contributed by atoms with Gasteiger partial charge in [-0.15, -0.1) is 0 Å². The van der Waals surface area contributed by atoms with Crippen LogP contribution in [0, 0.1) is 0 Å². The molecule has 1 saturated heterocycles. The average molecular weight is 387 g/mol. The van der Waals surface area contributed by atoms with Crippen molar-refractivity contribution >= 4 is 0 Å². The Balaban J connectivity index is 0.000000314. The van der Waals surface area contributed by atoms with E-state index in [1.807, 2.05) is 4.98 Å². The number of rotatable bonds is 8. The van der Waals surface area contributed by atoms with E-state index in [-0.39, 0.29) is 0 Å². The predicted octanol–water partition coefficient (Wildman–Crippen LogP) is -0.333.